The van der Waals surface area contributed by atoms with Crippen molar-refractivity contribution >= 4 is 42.8 Å². The van der Waals surface area contributed by atoms with Crippen molar-refractivity contribution in [1.29, 1.82) is 0 Å². The first-order valence-corrected chi connectivity index (χ1v) is 8.90. The predicted octanol–water partition coefficient (Wildman–Crippen LogP) is 0.204. The fraction of sp³-hybridized carbons (Fsp3) is 0.222. The molecule has 0 unspecified atom stereocenters. The average Bonchev–Trinajstić information content (AvgIpc) is 2.16. The third-order valence-corrected chi connectivity index (χ3v) is 5.59. The van der Waals surface area contributed by atoms with E-state index in [1.54, 1.807) is 0 Å². The summed E-state index contributed by atoms with van der Waals surface area (Å²) in [5.74, 6) is -0.645. The van der Waals surface area contributed by atoms with E-state index < -0.39 is 30.8 Å². The van der Waals surface area contributed by atoms with E-state index >= 15 is 0 Å². The highest BCUT2D eigenvalue weighted by Crippen LogP contribution is 2.18. The van der Waals surface area contributed by atoms with Gasteiger partial charge in [0.05, 0.1) is 5.69 Å². The second-order valence-electron chi connectivity index (χ2n) is 3.81. The van der Waals surface area contributed by atoms with Gasteiger partial charge in [0.25, 0.3) is 0 Å². The summed E-state index contributed by atoms with van der Waals surface area (Å²) in [6.07, 6.45) is 0.783. The lowest BCUT2D eigenvalue weighted by atomic mass is 10.2. The van der Waals surface area contributed by atoms with E-state index in [2.05, 4.69) is 12.2 Å². The third-order valence-electron chi connectivity index (χ3n) is 1.88. The molecular weight excluding hydrogens is 315 g/mol. The van der Waals surface area contributed by atoms with Crippen LogP contribution in [-0.4, -0.2) is 33.2 Å². The van der Waals surface area contributed by atoms with Crippen LogP contribution in [-0.2, 0) is 19.9 Å². The van der Waals surface area contributed by atoms with Crippen molar-refractivity contribution in [1.82, 2.24) is 0 Å². The molecule has 0 spiro atoms. The minimum Gasteiger partial charge on any atom is -0.389 e. The predicted molar refractivity (Wildman–Crippen MR) is 74.5 cm³/mol. The molecule has 19 heavy (non-hydrogen) atoms. The van der Waals surface area contributed by atoms with Gasteiger partial charge in [-0.2, -0.15) is 0 Å². The van der Waals surface area contributed by atoms with Gasteiger partial charge in [-0.05, 0) is 18.2 Å². The number of hydrogen-bond acceptors (Lipinski definition) is 5. The second-order valence-corrected chi connectivity index (χ2v) is 8.48. The van der Waals surface area contributed by atoms with E-state index in [9.17, 15) is 21.2 Å². The lowest BCUT2D eigenvalue weighted by Gasteiger charge is -2.11. The molecule has 1 aromatic rings. The van der Waals surface area contributed by atoms with E-state index in [-0.39, 0.29) is 16.2 Å². The Morgan fingerprint density at radius 3 is 2.42 bits per heavy atom. The first-order valence-electron chi connectivity index (χ1n) is 4.78. The maximum atomic E-state index is 13.0. The largest absolute Gasteiger partial charge is 0.389 e. The van der Waals surface area contributed by atoms with E-state index in [1.165, 1.54) is 0 Å². The normalized spacial score (nSPS) is 12.1. The molecule has 0 aliphatic carbocycles. The zero-order valence-corrected chi connectivity index (χ0v) is 12.2. The van der Waals surface area contributed by atoms with Gasteiger partial charge in [-0.25, -0.2) is 21.2 Å². The molecule has 1 aromatic carbocycles. The molecule has 0 radical (unpaired) electrons. The molecular formula is C9H11FN2O4S3. The molecule has 106 valence electrons. The van der Waals surface area contributed by atoms with Crippen molar-refractivity contribution in [3.8, 4) is 0 Å². The number of halogens is 1. The van der Waals surface area contributed by atoms with Gasteiger partial charge < -0.3 is 5.73 Å². The molecule has 3 N–H and O–H groups in total. The molecule has 0 atom stereocenters. The number of nitrogens with two attached hydrogens (primary N) is 1. The molecule has 0 bridgehead atoms. The van der Waals surface area contributed by atoms with Crippen LogP contribution >= 0.6 is 12.2 Å². The summed E-state index contributed by atoms with van der Waals surface area (Å²) in [7, 11) is -7.87. The Kier molecular flexibility index (Phi) is 4.48. The van der Waals surface area contributed by atoms with Gasteiger partial charge in [-0.1, -0.05) is 12.2 Å². The number of benzene rings is 1. The van der Waals surface area contributed by atoms with Gasteiger partial charge in [0.15, 0.2) is 14.9 Å². The van der Waals surface area contributed by atoms with Gasteiger partial charge in [0.1, 0.15) is 10.8 Å². The van der Waals surface area contributed by atoms with Crippen molar-refractivity contribution in [2.45, 2.75) is 0 Å². The topological polar surface area (TPSA) is 106 Å². The summed E-state index contributed by atoms with van der Waals surface area (Å²) in [6, 6.07) is 3.07. The Balaban J connectivity index is 3.17. The Labute approximate surface area is 115 Å². The molecule has 6 nitrogen and oxygen atoms in total. The number of rotatable bonds is 5. The Morgan fingerprint density at radius 2 is 1.95 bits per heavy atom. The van der Waals surface area contributed by atoms with Crippen LogP contribution in [0.25, 0.3) is 0 Å². The average molecular weight is 326 g/mol. The number of sulfone groups is 1. The Hall–Kier alpha value is -1.26. The van der Waals surface area contributed by atoms with Crippen molar-refractivity contribution in [3.63, 3.8) is 0 Å². The standard InChI is InChI=1S/C9H11FN2O4S3/c1-18(13,14)5-19(15,16)12-8-3-2-6(10)4-7(8)9(11)17/h2-4,12H,5H2,1H3,(H2,11,17). The fourth-order valence-electron chi connectivity index (χ4n) is 1.29. The minimum atomic E-state index is -4.14. The summed E-state index contributed by atoms with van der Waals surface area (Å²) in [4.78, 5) is -0.212. The number of nitrogens with one attached hydrogen (secondary N) is 1. The van der Waals surface area contributed by atoms with Crippen LogP contribution in [0, 0.1) is 5.82 Å². The van der Waals surface area contributed by atoms with Crippen LogP contribution in [0.2, 0.25) is 0 Å². The van der Waals surface area contributed by atoms with E-state index in [0.717, 1.165) is 24.5 Å². The van der Waals surface area contributed by atoms with Crippen LogP contribution < -0.4 is 10.5 Å². The van der Waals surface area contributed by atoms with Crippen molar-refractivity contribution in [2.24, 2.45) is 5.73 Å². The molecule has 0 aromatic heterocycles. The zero-order chi connectivity index (χ0) is 14.8. The fourth-order valence-corrected chi connectivity index (χ4v) is 4.46. The summed E-state index contributed by atoms with van der Waals surface area (Å²) in [5.41, 5.74) is 5.25. The molecule has 0 fully saturated rings. The summed E-state index contributed by atoms with van der Waals surface area (Å²) in [5, 5.41) is -1.09. The van der Waals surface area contributed by atoms with Crippen molar-refractivity contribution < 1.29 is 21.2 Å². The van der Waals surface area contributed by atoms with E-state index in [4.69, 9.17) is 5.73 Å². The van der Waals surface area contributed by atoms with Crippen LogP contribution in [0.3, 0.4) is 0 Å². The first kappa shape index (κ1) is 15.8. The molecule has 1 rings (SSSR count). The van der Waals surface area contributed by atoms with E-state index in [1.807, 2.05) is 4.72 Å². The quantitative estimate of drug-likeness (QED) is 0.749. The minimum absolute atomic E-state index is 0.0212. The molecule has 0 heterocycles. The molecule has 0 saturated heterocycles. The summed E-state index contributed by atoms with van der Waals surface area (Å²) in [6.45, 7) is 0. The maximum Gasteiger partial charge on any atom is 0.247 e. The van der Waals surface area contributed by atoms with Crippen molar-refractivity contribution in [2.75, 3.05) is 16.1 Å². The Bertz CT molecular complexity index is 713. The van der Waals surface area contributed by atoms with Crippen LogP contribution in [0.1, 0.15) is 5.56 Å². The highest BCUT2D eigenvalue weighted by Gasteiger charge is 2.20. The lowest BCUT2D eigenvalue weighted by Crippen LogP contribution is -2.24. The lowest BCUT2D eigenvalue weighted by molar-refractivity contribution is 0.594. The highest BCUT2D eigenvalue weighted by atomic mass is 32.3. The molecule has 10 heteroatoms. The number of hydrogen-bond donors (Lipinski definition) is 2. The SMILES string of the molecule is CS(=O)(=O)CS(=O)(=O)Nc1ccc(F)cc1C(N)=S. The van der Waals surface area contributed by atoms with Gasteiger partial charge in [0.2, 0.25) is 10.0 Å². The summed E-state index contributed by atoms with van der Waals surface area (Å²) < 4.78 is 60.2. The van der Waals surface area contributed by atoms with Gasteiger partial charge >= 0.3 is 0 Å². The van der Waals surface area contributed by atoms with Crippen LogP contribution in [0.5, 0.6) is 0 Å². The van der Waals surface area contributed by atoms with Crippen LogP contribution in [0.15, 0.2) is 18.2 Å². The van der Waals surface area contributed by atoms with Crippen molar-refractivity contribution in [3.05, 3.63) is 29.6 Å². The second kappa shape index (κ2) is 5.39. The number of sulfonamides is 1. The molecule has 0 aliphatic heterocycles. The zero-order valence-electron chi connectivity index (χ0n) is 9.75. The van der Waals surface area contributed by atoms with Gasteiger partial charge in [0, 0.05) is 11.8 Å². The number of thiocarbonyl (C=S) groups is 1. The van der Waals surface area contributed by atoms with E-state index in [0.29, 0.717) is 0 Å². The summed E-state index contributed by atoms with van der Waals surface area (Å²) >= 11 is 4.67. The third kappa shape index (κ3) is 5.09. The van der Waals surface area contributed by atoms with Gasteiger partial charge in [-0.15, -0.1) is 0 Å². The number of anilines is 1. The smallest absolute Gasteiger partial charge is 0.247 e. The first-order chi connectivity index (χ1) is 8.50. The van der Waals surface area contributed by atoms with Crippen LogP contribution in [0.4, 0.5) is 10.1 Å². The molecule has 0 saturated carbocycles. The highest BCUT2D eigenvalue weighted by molar-refractivity contribution is 8.08. The molecule has 0 amide bonds. The van der Waals surface area contributed by atoms with Gasteiger partial charge in [-0.3, -0.25) is 4.72 Å². The maximum absolute atomic E-state index is 13.0. The Morgan fingerprint density at radius 1 is 1.37 bits per heavy atom. The molecule has 0 aliphatic rings. The monoisotopic (exact) mass is 326 g/mol.